The molecule has 0 aliphatic carbocycles. The van der Waals surface area contributed by atoms with Crippen molar-refractivity contribution >= 4 is 34.7 Å². The van der Waals surface area contributed by atoms with Gasteiger partial charge < -0.3 is 29.5 Å². The van der Waals surface area contributed by atoms with Gasteiger partial charge in [-0.1, -0.05) is 0 Å². The zero-order valence-electron chi connectivity index (χ0n) is 23.9. The van der Waals surface area contributed by atoms with Crippen LogP contribution in [-0.4, -0.2) is 73.1 Å². The van der Waals surface area contributed by atoms with E-state index in [1.54, 1.807) is 13.3 Å². The predicted molar refractivity (Wildman–Crippen MR) is 158 cm³/mol. The highest BCUT2D eigenvalue weighted by Crippen LogP contribution is 2.47. The summed E-state index contributed by atoms with van der Waals surface area (Å²) in [7, 11) is 1.61. The zero-order valence-corrected chi connectivity index (χ0v) is 23.9. The Morgan fingerprint density at radius 1 is 1.02 bits per heavy atom. The Balaban J connectivity index is 1.18. The van der Waals surface area contributed by atoms with E-state index in [2.05, 4.69) is 21.3 Å². The summed E-state index contributed by atoms with van der Waals surface area (Å²) in [6, 6.07) is 10.1. The van der Waals surface area contributed by atoms with Gasteiger partial charge in [0, 0.05) is 80.9 Å². The quantitative estimate of drug-likeness (QED) is 0.459. The van der Waals surface area contributed by atoms with Crippen molar-refractivity contribution in [3.63, 3.8) is 0 Å². The van der Waals surface area contributed by atoms with Gasteiger partial charge in [0.1, 0.15) is 17.2 Å². The highest BCUT2D eigenvalue weighted by atomic mass is 16.5. The van der Waals surface area contributed by atoms with Crippen LogP contribution in [0.3, 0.4) is 0 Å². The summed E-state index contributed by atoms with van der Waals surface area (Å²) in [5.74, 6) is 1.76. The molecule has 2 aromatic heterocycles. The molecule has 3 aliphatic rings. The number of aromatic nitrogens is 2. The number of pyridine rings is 2. The van der Waals surface area contributed by atoms with E-state index in [9.17, 15) is 9.59 Å². The number of fused-ring (bicyclic) bond motifs is 3. The fourth-order valence-electron chi connectivity index (χ4n) is 5.85. The van der Waals surface area contributed by atoms with Crippen LogP contribution in [0.5, 0.6) is 5.75 Å². The van der Waals surface area contributed by atoms with Crippen molar-refractivity contribution in [2.24, 2.45) is 0 Å². The Hall–Kier alpha value is -4.18. The number of benzene rings is 1. The van der Waals surface area contributed by atoms with Crippen molar-refractivity contribution in [3.05, 3.63) is 54.5 Å². The van der Waals surface area contributed by atoms with E-state index in [0.29, 0.717) is 38.4 Å². The van der Waals surface area contributed by atoms with Crippen LogP contribution in [0.4, 0.5) is 22.9 Å². The lowest BCUT2D eigenvalue weighted by Gasteiger charge is -2.36. The van der Waals surface area contributed by atoms with Gasteiger partial charge in [-0.3, -0.25) is 14.6 Å². The van der Waals surface area contributed by atoms with Crippen LogP contribution in [0.15, 0.2) is 48.9 Å². The third-order valence-electron chi connectivity index (χ3n) is 8.07. The lowest BCUT2D eigenvalue weighted by molar-refractivity contribution is -0.132. The number of carbonyl (C=O) groups excluding carboxylic acids is 2. The highest BCUT2D eigenvalue weighted by molar-refractivity contribution is 5.96. The second-order valence-corrected chi connectivity index (χ2v) is 11.2. The van der Waals surface area contributed by atoms with Crippen LogP contribution in [0.2, 0.25) is 0 Å². The molecule has 3 aliphatic heterocycles. The third kappa shape index (κ3) is 5.44. The lowest BCUT2D eigenvalue weighted by Crippen LogP contribution is -2.49. The number of ether oxygens (including phenoxy) is 2. The second kappa shape index (κ2) is 11.0. The molecule has 10 nitrogen and oxygen atoms in total. The molecule has 0 atom stereocenters. The van der Waals surface area contributed by atoms with E-state index in [0.717, 1.165) is 65.6 Å². The maximum Gasteiger partial charge on any atom is 0.227 e. The van der Waals surface area contributed by atoms with Crippen molar-refractivity contribution in [1.29, 1.82) is 0 Å². The third-order valence-corrected chi connectivity index (χ3v) is 8.07. The van der Waals surface area contributed by atoms with Gasteiger partial charge in [-0.25, -0.2) is 4.98 Å². The fourth-order valence-corrected chi connectivity index (χ4v) is 5.85. The first-order valence-electron chi connectivity index (χ1n) is 14.2. The molecule has 2 saturated heterocycles. The molecular weight excluding hydrogens is 520 g/mol. The fraction of sp³-hybridized carbons (Fsp3) is 0.419. The number of carbonyl (C=O) groups is 2. The molecule has 2 amide bonds. The summed E-state index contributed by atoms with van der Waals surface area (Å²) in [4.78, 5) is 39.8. The smallest absolute Gasteiger partial charge is 0.227 e. The first-order valence-corrected chi connectivity index (χ1v) is 14.2. The molecule has 3 aromatic rings. The van der Waals surface area contributed by atoms with Gasteiger partial charge in [0.2, 0.25) is 11.8 Å². The summed E-state index contributed by atoms with van der Waals surface area (Å²) in [5, 5.41) is 3.42. The second-order valence-electron chi connectivity index (χ2n) is 11.2. The van der Waals surface area contributed by atoms with Crippen molar-refractivity contribution in [1.82, 2.24) is 14.9 Å². The van der Waals surface area contributed by atoms with Gasteiger partial charge in [0.05, 0.1) is 36.8 Å². The van der Waals surface area contributed by atoms with E-state index < -0.39 is 5.60 Å². The first-order chi connectivity index (χ1) is 19.8. The van der Waals surface area contributed by atoms with E-state index >= 15 is 0 Å². The average molecular weight is 557 g/mol. The van der Waals surface area contributed by atoms with Gasteiger partial charge in [-0.05, 0) is 44.5 Å². The molecule has 0 radical (unpaired) electrons. The zero-order chi connectivity index (χ0) is 28.6. The minimum absolute atomic E-state index is 0.134. The molecule has 41 heavy (non-hydrogen) atoms. The summed E-state index contributed by atoms with van der Waals surface area (Å²) in [5.41, 5.74) is 5.15. The van der Waals surface area contributed by atoms with Gasteiger partial charge in [-0.15, -0.1) is 0 Å². The van der Waals surface area contributed by atoms with E-state index in [1.165, 1.54) is 0 Å². The minimum Gasteiger partial charge on any atom is -0.482 e. The molecule has 0 bridgehead atoms. The molecule has 6 rings (SSSR count). The maximum atomic E-state index is 12.3. The van der Waals surface area contributed by atoms with Crippen molar-refractivity contribution < 1.29 is 19.1 Å². The molecule has 0 saturated carbocycles. The Bertz CT molecular complexity index is 1470. The van der Waals surface area contributed by atoms with Gasteiger partial charge in [0.25, 0.3) is 0 Å². The Morgan fingerprint density at radius 3 is 2.61 bits per heavy atom. The number of anilines is 4. The van der Waals surface area contributed by atoms with Crippen LogP contribution >= 0.6 is 0 Å². The molecule has 10 heteroatoms. The van der Waals surface area contributed by atoms with Gasteiger partial charge >= 0.3 is 0 Å². The highest BCUT2D eigenvalue weighted by Gasteiger charge is 2.34. The number of methoxy groups -OCH3 is 1. The summed E-state index contributed by atoms with van der Waals surface area (Å²) < 4.78 is 11.5. The van der Waals surface area contributed by atoms with Gasteiger partial charge in [0.15, 0.2) is 0 Å². The molecular formula is C31H36N6O4. The number of piperazine rings is 1. The Morgan fingerprint density at radius 2 is 1.85 bits per heavy atom. The molecule has 214 valence electrons. The van der Waals surface area contributed by atoms with Crippen LogP contribution in [0.1, 0.15) is 38.7 Å². The molecule has 2 fully saturated rings. The average Bonchev–Trinajstić information content (AvgIpc) is 3.41. The van der Waals surface area contributed by atoms with Crippen molar-refractivity contribution in [2.45, 2.75) is 38.7 Å². The van der Waals surface area contributed by atoms with E-state index in [-0.39, 0.29) is 11.8 Å². The number of nitrogens with one attached hydrogen (secondary N) is 1. The largest absolute Gasteiger partial charge is 0.482 e. The number of hydrogen-bond acceptors (Lipinski definition) is 8. The van der Waals surface area contributed by atoms with Gasteiger partial charge in [-0.2, -0.15) is 0 Å². The van der Waals surface area contributed by atoms with Crippen LogP contribution in [0, 0.1) is 0 Å². The molecule has 1 N–H and O–H groups in total. The number of hydrogen-bond donors (Lipinski definition) is 1. The number of nitrogens with zero attached hydrogens (tertiary/aromatic N) is 5. The SMILES string of the molecule is COCCC(=O)N1CCN(c2cncc(Nc3cc4c(cn3)-c3ccc(N5CCCC5=O)cc3OC4(C)C)c2)CC1. The Kier molecular flexibility index (Phi) is 7.25. The van der Waals surface area contributed by atoms with Crippen molar-refractivity contribution in [2.75, 3.05) is 61.6 Å². The summed E-state index contributed by atoms with van der Waals surface area (Å²) in [6.45, 7) is 8.15. The molecule has 1 aromatic carbocycles. The van der Waals surface area contributed by atoms with E-state index in [4.69, 9.17) is 14.5 Å². The monoisotopic (exact) mass is 556 g/mol. The van der Waals surface area contributed by atoms with Crippen LogP contribution in [-0.2, 0) is 19.9 Å². The molecule has 5 heterocycles. The summed E-state index contributed by atoms with van der Waals surface area (Å²) in [6.07, 6.45) is 7.42. The minimum atomic E-state index is -0.587. The van der Waals surface area contributed by atoms with E-state index in [1.807, 2.05) is 60.3 Å². The normalized spacial score (nSPS) is 17.6. The van der Waals surface area contributed by atoms with Crippen molar-refractivity contribution in [3.8, 4) is 16.9 Å². The number of amides is 2. The predicted octanol–water partition coefficient (Wildman–Crippen LogP) is 4.33. The first kappa shape index (κ1) is 27.0. The Labute approximate surface area is 240 Å². The topological polar surface area (TPSA) is 100 Å². The molecule has 0 spiro atoms. The van der Waals surface area contributed by atoms with Crippen LogP contribution in [0.25, 0.3) is 11.1 Å². The lowest BCUT2D eigenvalue weighted by atomic mass is 9.87. The van der Waals surface area contributed by atoms with Crippen LogP contribution < -0.4 is 19.9 Å². The maximum absolute atomic E-state index is 12.3. The number of rotatable bonds is 7. The molecule has 0 unspecified atom stereocenters. The standard InChI is InChI=1S/C31H36N6O4/c1-31(2)26-17-28(33-20-25(26)24-7-6-22(16-27(24)41-31)37-9-4-5-30(37)39)34-21-15-23(19-32-18-21)35-10-12-36(13-11-35)29(38)8-14-40-3/h6-7,15-20H,4-5,8-14H2,1-3H3,(H,33,34). The summed E-state index contributed by atoms with van der Waals surface area (Å²) >= 11 is 0.